The Labute approximate surface area is 208 Å². The van der Waals surface area contributed by atoms with Gasteiger partial charge in [-0.05, 0) is 49.7 Å². The molecule has 0 amide bonds. The van der Waals surface area contributed by atoms with Crippen molar-refractivity contribution in [3.63, 3.8) is 0 Å². The van der Waals surface area contributed by atoms with Gasteiger partial charge < -0.3 is 24.3 Å². The van der Waals surface area contributed by atoms with E-state index in [4.69, 9.17) is 14.5 Å². The third-order valence-electron chi connectivity index (χ3n) is 6.25. The van der Waals surface area contributed by atoms with Crippen LogP contribution in [-0.4, -0.2) is 55.3 Å². The highest BCUT2D eigenvalue weighted by Gasteiger charge is 2.20. The second kappa shape index (κ2) is 9.04. The van der Waals surface area contributed by atoms with Crippen molar-refractivity contribution in [2.75, 3.05) is 29.9 Å². The number of hydrogen-bond donors (Lipinski definition) is 1. The van der Waals surface area contributed by atoms with Crippen molar-refractivity contribution in [2.45, 2.75) is 20.0 Å². The lowest BCUT2D eigenvalue weighted by atomic mass is 10.2. The lowest BCUT2D eigenvalue weighted by molar-refractivity contribution is 0.0526. The summed E-state index contributed by atoms with van der Waals surface area (Å²) in [5.74, 6) is 2.79. The van der Waals surface area contributed by atoms with Gasteiger partial charge in [0.25, 0.3) is 0 Å². The van der Waals surface area contributed by atoms with Crippen LogP contribution in [-0.2, 0) is 11.8 Å². The highest BCUT2D eigenvalue weighted by Crippen LogP contribution is 2.31. The van der Waals surface area contributed by atoms with Crippen LogP contribution in [0.15, 0.2) is 55.2 Å². The summed E-state index contributed by atoms with van der Waals surface area (Å²) in [6.07, 6.45) is 5.19. The number of aryl methyl sites for hydroxylation is 2. The highest BCUT2D eigenvalue weighted by atomic mass is 16.5. The number of fused-ring (bicyclic) bond motifs is 2. The molecule has 36 heavy (non-hydrogen) atoms. The third-order valence-corrected chi connectivity index (χ3v) is 6.25. The van der Waals surface area contributed by atoms with Crippen LogP contribution in [0.2, 0.25) is 0 Å². The minimum Gasteiger partial charge on any atom is -0.457 e. The van der Waals surface area contributed by atoms with E-state index in [1.807, 2.05) is 54.9 Å². The van der Waals surface area contributed by atoms with Crippen LogP contribution in [0.4, 0.5) is 17.5 Å². The van der Waals surface area contributed by atoms with Gasteiger partial charge in [0.05, 0.1) is 36.3 Å². The van der Waals surface area contributed by atoms with Gasteiger partial charge in [-0.15, -0.1) is 0 Å². The molecule has 4 heterocycles. The molecule has 1 aliphatic heterocycles. The van der Waals surface area contributed by atoms with E-state index in [1.54, 1.807) is 12.5 Å². The third kappa shape index (κ3) is 4.27. The number of imidazole rings is 1. The Morgan fingerprint density at radius 1 is 1.06 bits per heavy atom. The largest absolute Gasteiger partial charge is 0.457 e. The molecule has 0 saturated carbocycles. The smallest absolute Gasteiger partial charge is 0.226 e. The monoisotopic (exact) mass is 482 g/mol. The van der Waals surface area contributed by atoms with Crippen LogP contribution in [0.5, 0.6) is 11.5 Å². The van der Waals surface area contributed by atoms with Gasteiger partial charge in [0.15, 0.2) is 5.82 Å². The Morgan fingerprint density at radius 2 is 1.97 bits per heavy atom. The number of nitrogens with one attached hydrogen (secondary N) is 1. The number of hydrogen-bond acceptors (Lipinski definition) is 9. The lowest BCUT2D eigenvalue weighted by Gasteiger charge is -2.31. The predicted molar refractivity (Wildman–Crippen MR) is 138 cm³/mol. The molecule has 3 aromatic heterocycles. The van der Waals surface area contributed by atoms with Crippen LogP contribution < -0.4 is 15.0 Å². The molecule has 6 rings (SSSR count). The number of benzene rings is 2. The zero-order valence-electron chi connectivity index (χ0n) is 20.3. The molecular weight excluding hydrogens is 456 g/mol. The van der Waals surface area contributed by atoms with Crippen molar-refractivity contribution in [3.05, 3.63) is 60.8 Å². The SMILES string of the molecule is Cc1cc(Nc2ncnc3cnc(N4CCOC(C)C4)nc23)ccc1Oc1ccc2c(c1)ncn2C. The van der Waals surface area contributed by atoms with Gasteiger partial charge in [-0.1, -0.05) is 0 Å². The van der Waals surface area contributed by atoms with Crippen molar-refractivity contribution in [3.8, 4) is 11.5 Å². The second-order valence-corrected chi connectivity index (χ2v) is 8.97. The molecule has 182 valence electrons. The zero-order chi connectivity index (χ0) is 24.6. The summed E-state index contributed by atoms with van der Waals surface area (Å²) in [4.78, 5) is 24.6. The van der Waals surface area contributed by atoms with Crippen LogP contribution in [0.3, 0.4) is 0 Å². The topological polar surface area (TPSA) is 103 Å². The van der Waals surface area contributed by atoms with Crippen molar-refractivity contribution < 1.29 is 9.47 Å². The number of morpholine rings is 1. The first-order chi connectivity index (χ1) is 17.5. The van der Waals surface area contributed by atoms with Crippen LogP contribution in [0.25, 0.3) is 22.1 Å². The predicted octanol–water partition coefficient (Wildman–Crippen LogP) is 4.38. The number of ether oxygens (including phenoxy) is 2. The summed E-state index contributed by atoms with van der Waals surface area (Å²) in [7, 11) is 1.97. The Morgan fingerprint density at radius 3 is 2.83 bits per heavy atom. The van der Waals surface area contributed by atoms with Gasteiger partial charge in [0.1, 0.15) is 28.9 Å². The molecule has 1 saturated heterocycles. The van der Waals surface area contributed by atoms with Gasteiger partial charge >= 0.3 is 0 Å². The molecule has 10 nitrogen and oxygen atoms in total. The van der Waals surface area contributed by atoms with E-state index in [2.05, 4.69) is 37.1 Å². The summed E-state index contributed by atoms with van der Waals surface area (Å²) in [5.41, 5.74) is 5.17. The Bertz CT molecular complexity index is 1570. The summed E-state index contributed by atoms with van der Waals surface area (Å²) in [6.45, 7) is 6.21. The molecule has 0 spiro atoms. The molecule has 0 bridgehead atoms. The molecular formula is C26H26N8O2. The lowest BCUT2D eigenvalue weighted by Crippen LogP contribution is -2.42. The fraction of sp³-hybridized carbons (Fsp3) is 0.269. The van der Waals surface area contributed by atoms with E-state index < -0.39 is 0 Å². The second-order valence-electron chi connectivity index (χ2n) is 8.97. The van der Waals surface area contributed by atoms with Gasteiger partial charge in [-0.25, -0.2) is 24.9 Å². The first kappa shape index (κ1) is 22.2. The maximum absolute atomic E-state index is 6.15. The number of nitrogens with zero attached hydrogens (tertiary/aromatic N) is 7. The van der Waals surface area contributed by atoms with E-state index in [0.29, 0.717) is 29.4 Å². The summed E-state index contributed by atoms with van der Waals surface area (Å²) < 4.78 is 13.8. The van der Waals surface area contributed by atoms with Crippen LogP contribution in [0.1, 0.15) is 12.5 Å². The van der Waals surface area contributed by atoms with Crippen molar-refractivity contribution in [1.29, 1.82) is 0 Å². The van der Waals surface area contributed by atoms with Gasteiger partial charge in [0.2, 0.25) is 5.95 Å². The number of rotatable bonds is 5. The summed E-state index contributed by atoms with van der Waals surface area (Å²) in [5, 5.41) is 3.39. The Balaban J connectivity index is 1.25. The Kier molecular flexibility index (Phi) is 5.57. The van der Waals surface area contributed by atoms with E-state index in [-0.39, 0.29) is 6.10 Å². The maximum Gasteiger partial charge on any atom is 0.226 e. The van der Waals surface area contributed by atoms with E-state index in [0.717, 1.165) is 46.9 Å². The highest BCUT2D eigenvalue weighted by molar-refractivity contribution is 5.87. The van der Waals surface area contributed by atoms with E-state index in [9.17, 15) is 0 Å². The van der Waals surface area contributed by atoms with Crippen LogP contribution in [0, 0.1) is 6.92 Å². The van der Waals surface area contributed by atoms with E-state index in [1.165, 1.54) is 6.33 Å². The van der Waals surface area contributed by atoms with Crippen molar-refractivity contribution in [1.82, 2.24) is 29.5 Å². The average molecular weight is 483 g/mol. The summed E-state index contributed by atoms with van der Waals surface area (Å²) in [6, 6.07) is 11.8. The minimum absolute atomic E-state index is 0.136. The fourth-order valence-corrected chi connectivity index (χ4v) is 4.37. The molecule has 1 fully saturated rings. The molecule has 0 radical (unpaired) electrons. The first-order valence-corrected chi connectivity index (χ1v) is 11.8. The molecule has 2 aromatic carbocycles. The molecule has 0 aliphatic carbocycles. The van der Waals surface area contributed by atoms with Crippen molar-refractivity contribution >= 4 is 39.5 Å². The average Bonchev–Trinajstić information content (AvgIpc) is 3.25. The molecule has 10 heteroatoms. The molecule has 5 aromatic rings. The minimum atomic E-state index is 0.136. The van der Waals surface area contributed by atoms with Gasteiger partial charge in [-0.2, -0.15) is 0 Å². The number of aromatic nitrogens is 6. The summed E-state index contributed by atoms with van der Waals surface area (Å²) >= 11 is 0. The standard InChI is InChI=1S/C26H26N8O2/c1-16-10-18(4-7-23(16)36-19-5-6-22-20(11-19)30-15-33(22)3)31-25-24-21(28-14-29-25)12-27-26(32-24)34-8-9-35-17(2)13-34/h4-7,10-12,14-15,17H,8-9,13H2,1-3H3,(H,28,29,31). The zero-order valence-corrected chi connectivity index (χ0v) is 20.3. The normalized spacial score (nSPS) is 16.0. The Hall–Kier alpha value is -4.31. The van der Waals surface area contributed by atoms with Gasteiger partial charge in [0, 0.05) is 31.9 Å². The molecule has 1 N–H and O–H groups in total. The van der Waals surface area contributed by atoms with Gasteiger partial charge in [-0.3, -0.25) is 0 Å². The van der Waals surface area contributed by atoms with E-state index >= 15 is 0 Å². The number of anilines is 3. The quantitative estimate of drug-likeness (QED) is 0.391. The first-order valence-electron chi connectivity index (χ1n) is 11.8. The molecule has 1 aliphatic rings. The fourth-order valence-electron chi connectivity index (χ4n) is 4.37. The maximum atomic E-state index is 6.15. The molecule has 1 atom stereocenters. The molecule has 1 unspecified atom stereocenters. The van der Waals surface area contributed by atoms with Crippen molar-refractivity contribution in [2.24, 2.45) is 7.05 Å². The van der Waals surface area contributed by atoms with Crippen LogP contribution >= 0.6 is 0 Å².